The van der Waals surface area contributed by atoms with Crippen LogP contribution in [0.5, 0.6) is 0 Å². The molecule has 0 radical (unpaired) electrons. The lowest BCUT2D eigenvalue weighted by Crippen LogP contribution is -2.33. The van der Waals surface area contributed by atoms with Gasteiger partial charge in [-0.3, -0.25) is 4.79 Å². The molecule has 1 fully saturated rings. The van der Waals surface area contributed by atoms with Gasteiger partial charge in [0, 0.05) is 17.5 Å². The first-order valence-electron chi connectivity index (χ1n) is 6.79. The Labute approximate surface area is 129 Å². The predicted octanol–water partition coefficient (Wildman–Crippen LogP) is 2.57. The highest BCUT2D eigenvalue weighted by atomic mass is 35.5. The van der Waals surface area contributed by atoms with Gasteiger partial charge in [0.15, 0.2) is 0 Å². The van der Waals surface area contributed by atoms with E-state index in [-0.39, 0.29) is 23.3 Å². The van der Waals surface area contributed by atoms with E-state index in [9.17, 15) is 13.2 Å². The van der Waals surface area contributed by atoms with Crippen LogP contribution in [0.1, 0.15) is 31.2 Å². The molecule has 2 N–H and O–H groups in total. The molecular weight excluding hydrogens is 314 g/mol. The van der Waals surface area contributed by atoms with Crippen LogP contribution in [0.4, 0.5) is 0 Å². The number of halogens is 1. The number of rotatable bonds is 5. The van der Waals surface area contributed by atoms with Gasteiger partial charge >= 0.3 is 5.97 Å². The van der Waals surface area contributed by atoms with E-state index in [0.717, 1.165) is 6.42 Å². The average molecular weight is 332 g/mol. The highest BCUT2D eigenvalue weighted by Crippen LogP contribution is 2.30. The molecule has 0 aliphatic heterocycles. The van der Waals surface area contributed by atoms with Gasteiger partial charge in [-0.15, -0.1) is 0 Å². The second-order valence-electron chi connectivity index (χ2n) is 5.46. The maximum Gasteiger partial charge on any atom is 0.303 e. The van der Waals surface area contributed by atoms with Gasteiger partial charge < -0.3 is 5.11 Å². The predicted molar refractivity (Wildman–Crippen MR) is 79.9 cm³/mol. The van der Waals surface area contributed by atoms with E-state index in [2.05, 4.69) is 4.72 Å². The molecule has 5 nitrogen and oxygen atoms in total. The third-order valence-corrected chi connectivity index (χ3v) is 5.91. The van der Waals surface area contributed by atoms with Crippen molar-refractivity contribution in [1.82, 2.24) is 4.72 Å². The third kappa shape index (κ3) is 3.96. The number of hydrogen-bond donors (Lipinski definition) is 2. The van der Waals surface area contributed by atoms with E-state index in [1.165, 1.54) is 6.07 Å². The number of carboxylic acids is 1. The van der Waals surface area contributed by atoms with Crippen LogP contribution < -0.4 is 4.72 Å². The minimum atomic E-state index is -3.63. The zero-order valence-electron chi connectivity index (χ0n) is 11.7. The molecule has 0 unspecified atom stereocenters. The Hall–Kier alpha value is -1.11. The van der Waals surface area contributed by atoms with Crippen molar-refractivity contribution in [3.63, 3.8) is 0 Å². The molecule has 0 heterocycles. The lowest BCUT2D eigenvalue weighted by atomic mass is 10.0. The number of hydrogen-bond acceptors (Lipinski definition) is 3. The Morgan fingerprint density at radius 3 is 2.81 bits per heavy atom. The molecule has 0 spiro atoms. The number of sulfonamides is 1. The smallest absolute Gasteiger partial charge is 0.303 e. The fourth-order valence-corrected chi connectivity index (χ4v) is 4.56. The van der Waals surface area contributed by atoms with Crippen molar-refractivity contribution >= 4 is 27.6 Å². The average Bonchev–Trinajstić information content (AvgIpc) is 2.78. The summed E-state index contributed by atoms with van der Waals surface area (Å²) in [5, 5.41) is 9.19. The van der Waals surface area contributed by atoms with Crippen molar-refractivity contribution in [2.45, 2.75) is 43.5 Å². The molecule has 1 aromatic rings. The largest absolute Gasteiger partial charge is 0.481 e. The van der Waals surface area contributed by atoms with Crippen molar-refractivity contribution in [1.29, 1.82) is 0 Å². The van der Waals surface area contributed by atoms with Crippen LogP contribution in [-0.2, 0) is 14.8 Å². The molecule has 0 saturated heterocycles. The summed E-state index contributed by atoms with van der Waals surface area (Å²) in [4.78, 5) is 10.9. The SMILES string of the molecule is Cc1c(Cl)cccc1S(=O)(=O)N[C@@H]1CC[C@H](CC(=O)O)C1. The van der Waals surface area contributed by atoms with Crippen LogP contribution in [0.25, 0.3) is 0 Å². The summed E-state index contributed by atoms with van der Waals surface area (Å²) in [5.74, 6) is -0.801. The molecule has 1 aliphatic rings. The standard InChI is InChI=1S/C14H18ClNO4S/c1-9-12(15)3-2-4-13(9)21(19,20)16-11-6-5-10(7-11)8-14(17)18/h2-4,10-11,16H,5-8H2,1H3,(H,17,18)/t10-,11+/m0/s1. The second kappa shape index (κ2) is 6.34. The lowest BCUT2D eigenvalue weighted by Gasteiger charge is -2.15. The van der Waals surface area contributed by atoms with Gasteiger partial charge in [0.05, 0.1) is 4.90 Å². The normalized spacial score (nSPS) is 22.4. The highest BCUT2D eigenvalue weighted by Gasteiger charge is 2.30. The van der Waals surface area contributed by atoms with E-state index in [4.69, 9.17) is 16.7 Å². The fraction of sp³-hybridized carbons (Fsp3) is 0.500. The number of nitrogens with one attached hydrogen (secondary N) is 1. The Kier molecular flexibility index (Phi) is 4.91. The maximum absolute atomic E-state index is 12.4. The molecule has 1 aliphatic carbocycles. The van der Waals surface area contributed by atoms with Crippen LogP contribution in [0, 0.1) is 12.8 Å². The van der Waals surface area contributed by atoms with Crippen molar-refractivity contribution < 1.29 is 18.3 Å². The summed E-state index contributed by atoms with van der Waals surface area (Å²) in [6.45, 7) is 1.67. The zero-order chi connectivity index (χ0) is 15.6. The van der Waals surface area contributed by atoms with E-state index in [0.29, 0.717) is 23.4 Å². The van der Waals surface area contributed by atoms with Crippen molar-refractivity contribution in [2.75, 3.05) is 0 Å². The lowest BCUT2D eigenvalue weighted by molar-refractivity contribution is -0.138. The summed E-state index contributed by atoms with van der Waals surface area (Å²) < 4.78 is 27.5. The zero-order valence-corrected chi connectivity index (χ0v) is 13.2. The quantitative estimate of drug-likeness (QED) is 0.868. The monoisotopic (exact) mass is 331 g/mol. The minimum Gasteiger partial charge on any atom is -0.481 e. The van der Waals surface area contributed by atoms with Gasteiger partial charge in [-0.2, -0.15) is 0 Å². The van der Waals surface area contributed by atoms with E-state index < -0.39 is 16.0 Å². The first kappa shape index (κ1) is 16.3. The van der Waals surface area contributed by atoms with Crippen molar-refractivity contribution in [3.8, 4) is 0 Å². The summed E-state index contributed by atoms with van der Waals surface area (Å²) in [6.07, 6.45) is 2.05. The van der Waals surface area contributed by atoms with E-state index in [1.54, 1.807) is 19.1 Å². The number of benzene rings is 1. The number of carbonyl (C=O) groups is 1. The number of aliphatic carboxylic acids is 1. The van der Waals surface area contributed by atoms with Gasteiger partial charge in [-0.25, -0.2) is 13.1 Å². The molecule has 2 atom stereocenters. The van der Waals surface area contributed by atoms with Gasteiger partial charge in [0.25, 0.3) is 0 Å². The molecule has 116 valence electrons. The molecule has 0 bridgehead atoms. The first-order chi connectivity index (χ1) is 9.79. The van der Waals surface area contributed by atoms with Gasteiger partial charge in [0.2, 0.25) is 10.0 Å². The van der Waals surface area contributed by atoms with Crippen molar-refractivity contribution in [2.24, 2.45) is 5.92 Å². The molecule has 0 aromatic heterocycles. The molecule has 2 rings (SSSR count). The van der Waals surface area contributed by atoms with Gasteiger partial charge in [0.1, 0.15) is 0 Å². The Morgan fingerprint density at radius 2 is 2.14 bits per heavy atom. The summed E-state index contributed by atoms with van der Waals surface area (Å²) in [5.41, 5.74) is 0.520. The fourth-order valence-electron chi connectivity index (χ4n) is 2.78. The topological polar surface area (TPSA) is 83.5 Å². The highest BCUT2D eigenvalue weighted by molar-refractivity contribution is 7.89. The van der Waals surface area contributed by atoms with Gasteiger partial charge in [-0.1, -0.05) is 17.7 Å². The van der Waals surface area contributed by atoms with Gasteiger partial charge in [-0.05, 0) is 49.8 Å². The third-order valence-electron chi connectivity index (χ3n) is 3.83. The van der Waals surface area contributed by atoms with Crippen LogP contribution in [-0.4, -0.2) is 25.5 Å². The molecule has 1 saturated carbocycles. The molecule has 21 heavy (non-hydrogen) atoms. The first-order valence-corrected chi connectivity index (χ1v) is 8.65. The summed E-state index contributed by atoms with van der Waals surface area (Å²) in [6, 6.07) is 4.56. The second-order valence-corrected chi connectivity index (χ2v) is 7.55. The van der Waals surface area contributed by atoms with Crippen molar-refractivity contribution in [3.05, 3.63) is 28.8 Å². The van der Waals surface area contributed by atoms with Crippen LogP contribution in [0.15, 0.2) is 23.1 Å². The van der Waals surface area contributed by atoms with E-state index in [1.807, 2.05) is 0 Å². The molecule has 0 amide bonds. The maximum atomic E-state index is 12.4. The summed E-state index contributed by atoms with van der Waals surface area (Å²) in [7, 11) is -3.63. The molecular formula is C14H18ClNO4S. The van der Waals surface area contributed by atoms with Crippen LogP contribution >= 0.6 is 11.6 Å². The number of carboxylic acid groups (broad SMARTS) is 1. The molecule has 1 aromatic carbocycles. The minimum absolute atomic E-state index is 0.0376. The Morgan fingerprint density at radius 1 is 1.43 bits per heavy atom. The Bertz CT molecular complexity index is 644. The molecule has 7 heteroatoms. The van der Waals surface area contributed by atoms with E-state index >= 15 is 0 Å². The van der Waals surface area contributed by atoms with Crippen LogP contribution in [0.2, 0.25) is 5.02 Å². The summed E-state index contributed by atoms with van der Waals surface area (Å²) >= 11 is 5.96. The Balaban J connectivity index is 2.09. The van der Waals surface area contributed by atoms with Crippen LogP contribution in [0.3, 0.4) is 0 Å².